The molecule has 0 bridgehead atoms. The first-order valence-electron chi connectivity index (χ1n) is 8.90. The van der Waals surface area contributed by atoms with Crippen molar-refractivity contribution < 1.29 is 9.53 Å². The standard InChI is InChI=1S/C18H30N4O2S/c1-21(2)17(23)14-20-18(19-13-15-7-4-5-11-24-15)22(3)10-9-16-8-6-12-25-16/h6,8,12,15H,4-5,7,9-11,13-14H2,1-3H3,(H,19,20). The van der Waals surface area contributed by atoms with Gasteiger partial charge in [0.05, 0.1) is 6.10 Å². The molecule has 0 radical (unpaired) electrons. The predicted octanol–water partition coefficient (Wildman–Crippen LogP) is 1.83. The van der Waals surface area contributed by atoms with Crippen LogP contribution in [-0.4, -0.2) is 75.2 Å². The van der Waals surface area contributed by atoms with Crippen molar-refractivity contribution in [3.63, 3.8) is 0 Å². The number of nitrogens with zero attached hydrogens (tertiary/aromatic N) is 3. The van der Waals surface area contributed by atoms with E-state index in [1.807, 2.05) is 7.05 Å². The van der Waals surface area contributed by atoms with Crippen LogP contribution in [0.2, 0.25) is 0 Å². The summed E-state index contributed by atoms with van der Waals surface area (Å²) in [5.74, 6) is 0.765. The average molecular weight is 367 g/mol. The van der Waals surface area contributed by atoms with E-state index in [1.165, 1.54) is 11.3 Å². The van der Waals surface area contributed by atoms with Gasteiger partial charge in [0, 0.05) is 45.7 Å². The van der Waals surface area contributed by atoms with Gasteiger partial charge in [0.1, 0.15) is 6.54 Å². The molecule has 2 rings (SSSR count). The van der Waals surface area contributed by atoms with Crippen molar-refractivity contribution in [1.29, 1.82) is 0 Å². The molecule has 2 heterocycles. The second-order valence-corrected chi connectivity index (χ2v) is 7.58. The van der Waals surface area contributed by atoms with Gasteiger partial charge < -0.3 is 19.9 Å². The van der Waals surface area contributed by atoms with Crippen LogP contribution in [0.4, 0.5) is 0 Å². The second kappa shape index (κ2) is 10.4. The summed E-state index contributed by atoms with van der Waals surface area (Å²) in [5, 5.41) is 5.49. The van der Waals surface area contributed by atoms with Crippen molar-refractivity contribution in [2.24, 2.45) is 4.99 Å². The fourth-order valence-corrected chi connectivity index (χ4v) is 3.31. The minimum atomic E-state index is -0.000117. The molecule has 25 heavy (non-hydrogen) atoms. The summed E-state index contributed by atoms with van der Waals surface area (Å²) < 4.78 is 5.78. The molecule has 0 spiro atoms. The maximum Gasteiger partial charge on any atom is 0.243 e. The number of amides is 1. The second-order valence-electron chi connectivity index (χ2n) is 6.55. The largest absolute Gasteiger partial charge is 0.376 e. The van der Waals surface area contributed by atoms with Gasteiger partial charge in [-0.1, -0.05) is 6.07 Å². The average Bonchev–Trinajstić information content (AvgIpc) is 3.13. The third-order valence-electron chi connectivity index (χ3n) is 4.26. The van der Waals surface area contributed by atoms with Gasteiger partial charge in [-0.2, -0.15) is 0 Å². The summed E-state index contributed by atoms with van der Waals surface area (Å²) in [7, 11) is 5.52. The van der Waals surface area contributed by atoms with E-state index in [0.29, 0.717) is 0 Å². The lowest BCUT2D eigenvalue weighted by atomic mass is 10.1. The topological polar surface area (TPSA) is 57.2 Å². The van der Waals surface area contributed by atoms with Gasteiger partial charge in [-0.3, -0.25) is 4.79 Å². The number of aliphatic imine (C=N–C) groups is 1. The Labute approximate surface area is 154 Å². The molecule has 6 nitrogen and oxygen atoms in total. The lowest BCUT2D eigenvalue weighted by Gasteiger charge is -2.27. The van der Waals surface area contributed by atoms with Gasteiger partial charge in [0.25, 0.3) is 0 Å². The molecule has 1 N–H and O–H groups in total. The van der Waals surface area contributed by atoms with E-state index >= 15 is 0 Å². The molecule has 0 aromatic carbocycles. The summed E-state index contributed by atoms with van der Waals surface area (Å²) in [6, 6.07) is 4.22. The van der Waals surface area contributed by atoms with E-state index < -0.39 is 0 Å². The summed E-state index contributed by atoms with van der Waals surface area (Å²) in [5.41, 5.74) is 0. The zero-order chi connectivity index (χ0) is 18.1. The molecule has 1 saturated heterocycles. The van der Waals surface area contributed by atoms with Crippen LogP contribution in [-0.2, 0) is 16.0 Å². The van der Waals surface area contributed by atoms with E-state index in [0.717, 1.165) is 44.9 Å². The van der Waals surface area contributed by atoms with Crippen LogP contribution in [0.25, 0.3) is 0 Å². The number of ether oxygens (including phenoxy) is 1. The number of nitrogens with one attached hydrogen (secondary N) is 1. The van der Waals surface area contributed by atoms with Gasteiger partial charge in [-0.05, 0) is 37.1 Å². The number of likely N-dealkylation sites (N-methyl/N-ethyl adjacent to an activating group) is 2. The normalized spacial score (nSPS) is 18.0. The lowest BCUT2D eigenvalue weighted by Crippen LogP contribution is -2.44. The molecule has 1 aliphatic rings. The zero-order valence-corrected chi connectivity index (χ0v) is 16.3. The highest BCUT2D eigenvalue weighted by atomic mass is 32.1. The molecular weight excluding hydrogens is 336 g/mol. The molecule has 1 unspecified atom stereocenters. The van der Waals surface area contributed by atoms with Gasteiger partial charge in [0.15, 0.2) is 5.96 Å². The smallest absolute Gasteiger partial charge is 0.243 e. The highest BCUT2D eigenvalue weighted by Gasteiger charge is 2.16. The molecule has 1 amide bonds. The van der Waals surface area contributed by atoms with Gasteiger partial charge in [0.2, 0.25) is 5.91 Å². The first kappa shape index (κ1) is 19.7. The molecule has 1 aliphatic heterocycles. The van der Waals surface area contributed by atoms with Crippen molar-refractivity contribution in [3.8, 4) is 0 Å². The molecule has 1 aromatic rings. The van der Waals surface area contributed by atoms with E-state index in [2.05, 4.69) is 32.7 Å². The monoisotopic (exact) mass is 366 g/mol. The Morgan fingerprint density at radius 2 is 2.24 bits per heavy atom. The fraction of sp³-hybridized carbons (Fsp3) is 0.667. The molecule has 1 aromatic heterocycles. The van der Waals surface area contributed by atoms with E-state index in [-0.39, 0.29) is 18.6 Å². The number of carbonyl (C=O) groups excluding carboxylic acids is 1. The Bertz CT molecular complexity index is 539. The van der Waals surface area contributed by atoms with Crippen molar-refractivity contribution in [2.45, 2.75) is 31.8 Å². The van der Waals surface area contributed by atoms with Crippen LogP contribution in [0.3, 0.4) is 0 Å². The highest BCUT2D eigenvalue weighted by Crippen LogP contribution is 2.12. The maximum absolute atomic E-state index is 11.9. The first-order valence-corrected chi connectivity index (χ1v) is 9.78. The summed E-state index contributed by atoms with van der Waals surface area (Å²) >= 11 is 1.77. The zero-order valence-electron chi connectivity index (χ0n) is 15.5. The van der Waals surface area contributed by atoms with Crippen LogP contribution >= 0.6 is 11.3 Å². The Morgan fingerprint density at radius 1 is 1.40 bits per heavy atom. The Hall–Kier alpha value is -1.60. The Kier molecular flexibility index (Phi) is 8.21. The molecular formula is C18H30N4O2S. The molecule has 1 atom stereocenters. The predicted molar refractivity (Wildman–Crippen MR) is 103 cm³/mol. The van der Waals surface area contributed by atoms with Crippen LogP contribution in [0.15, 0.2) is 22.5 Å². The van der Waals surface area contributed by atoms with E-state index in [1.54, 1.807) is 30.3 Å². The third-order valence-corrected chi connectivity index (χ3v) is 5.20. The quantitative estimate of drug-likeness (QED) is 0.591. The maximum atomic E-state index is 11.9. The Morgan fingerprint density at radius 3 is 2.88 bits per heavy atom. The van der Waals surface area contributed by atoms with Crippen LogP contribution < -0.4 is 5.32 Å². The van der Waals surface area contributed by atoms with Crippen molar-refractivity contribution in [1.82, 2.24) is 15.1 Å². The van der Waals surface area contributed by atoms with E-state index in [9.17, 15) is 4.79 Å². The van der Waals surface area contributed by atoms with Crippen LogP contribution in [0.1, 0.15) is 24.1 Å². The SMILES string of the molecule is CN(C)C(=O)CN=C(NCC1CCCCO1)N(C)CCc1cccs1. The molecule has 0 saturated carbocycles. The van der Waals surface area contributed by atoms with Crippen molar-refractivity contribution >= 4 is 23.2 Å². The molecule has 1 fully saturated rings. The third kappa shape index (κ3) is 7.04. The van der Waals surface area contributed by atoms with E-state index in [4.69, 9.17) is 4.74 Å². The minimum absolute atomic E-state index is 0.000117. The summed E-state index contributed by atoms with van der Waals surface area (Å²) in [6.45, 7) is 2.59. The van der Waals surface area contributed by atoms with Gasteiger partial charge in [-0.15, -0.1) is 11.3 Å². The van der Waals surface area contributed by atoms with Crippen molar-refractivity contribution in [2.75, 3.05) is 47.4 Å². The number of hydrogen-bond acceptors (Lipinski definition) is 4. The summed E-state index contributed by atoms with van der Waals surface area (Å²) in [4.78, 5) is 21.4. The number of hydrogen-bond donors (Lipinski definition) is 1. The number of carbonyl (C=O) groups is 1. The van der Waals surface area contributed by atoms with Crippen LogP contribution in [0, 0.1) is 0 Å². The highest BCUT2D eigenvalue weighted by molar-refractivity contribution is 7.09. The number of rotatable bonds is 7. The van der Waals surface area contributed by atoms with Gasteiger partial charge in [-0.25, -0.2) is 4.99 Å². The summed E-state index contributed by atoms with van der Waals surface area (Å²) in [6.07, 6.45) is 4.64. The molecule has 7 heteroatoms. The lowest BCUT2D eigenvalue weighted by molar-refractivity contribution is -0.127. The van der Waals surface area contributed by atoms with Crippen LogP contribution in [0.5, 0.6) is 0 Å². The fourth-order valence-electron chi connectivity index (χ4n) is 2.61. The van der Waals surface area contributed by atoms with Gasteiger partial charge >= 0.3 is 0 Å². The molecule has 140 valence electrons. The number of thiophene rings is 1. The van der Waals surface area contributed by atoms with Crippen molar-refractivity contribution in [3.05, 3.63) is 22.4 Å². The molecule has 0 aliphatic carbocycles. The Balaban J connectivity index is 1.91. The number of guanidine groups is 1. The first-order chi connectivity index (χ1) is 12.1. The minimum Gasteiger partial charge on any atom is -0.376 e.